The molecule has 1 aromatic carbocycles. The topological polar surface area (TPSA) is 64.8 Å². The van der Waals surface area contributed by atoms with Gasteiger partial charge in [0.15, 0.2) is 14.9 Å². The Kier molecular flexibility index (Phi) is 3.73. The molecule has 0 saturated carbocycles. The molecular formula is C16H14FN3O2S. The van der Waals surface area contributed by atoms with Crippen molar-refractivity contribution in [1.82, 2.24) is 14.5 Å². The summed E-state index contributed by atoms with van der Waals surface area (Å²) < 4.78 is 37.9. The highest BCUT2D eigenvalue weighted by molar-refractivity contribution is 7.90. The zero-order valence-corrected chi connectivity index (χ0v) is 13.4. The summed E-state index contributed by atoms with van der Waals surface area (Å²) in [4.78, 5) is 8.27. The van der Waals surface area contributed by atoms with Gasteiger partial charge in [-0.1, -0.05) is 0 Å². The molecule has 0 fully saturated rings. The van der Waals surface area contributed by atoms with E-state index in [0.29, 0.717) is 5.69 Å². The quantitative estimate of drug-likeness (QED) is 0.740. The normalized spacial score (nSPS) is 11.6. The van der Waals surface area contributed by atoms with E-state index < -0.39 is 9.84 Å². The van der Waals surface area contributed by atoms with Gasteiger partial charge in [0, 0.05) is 11.8 Å². The summed E-state index contributed by atoms with van der Waals surface area (Å²) in [6, 6.07) is 9.24. The van der Waals surface area contributed by atoms with Gasteiger partial charge >= 0.3 is 0 Å². The molecule has 0 radical (unpaired) electrons. The fraction of sp³-hybridized carbons (Fsp3) is 0.125. The van der Waals surface area contributed by atoms with Crippen LogP contribution in [0.2, 0.25) is 0 Å². The zero-order valence-electron chi connectivity index (χ0n) is 12.6. The van der Waals surface area contributed by atoms with Crippen molar-refractivity contribution in [2.75, 3.05) is 6.26 Å². The molecule has 5 nitrogen and oxygen atoms in total. The van der Waals surface area contributed by atoms with Gasteiger partial charge in [-0.25, -0.2) is 22.8 Å². The van der Waals surface area contributed by atoms with E-state index in [2.05, 4.69) is 9.97 Å². The van der Waals surface area contributed by atoms with Crippen molar-refractivity contribution >= 4 is 9.84 Å². The summed E-state index contributed by atoms with van der Waals surface area (Å²) in [5.74, 6) is -0.309. The highest BCUT2D eigenvalue weighted by Crippen LogP contribution is 2.26. The van der Waals surface area contributed by atoms with Crippen LogP contribution in [-0.2, 0) is 9.84 Å². The lowest BCUT2D eigenvalue weighted by atomic mass is 10.1. The standard InChI is InChI=1S/C16H14FN3O2S/c1-11-16(12-3-5-13(17)6-4-12)20(10-19-11)14-7-8-15(18-9-14)23(2,21)22/h3-10H,1-2H3. The van der Waals surface area contributed by atoms with Gasteiger partial charge < -0.3 is 0 Å². The predicted octanol–water partition coefficient (Wildman–Crippen LogP) is 2.79. The first-order valence-corrected chi connectivity index (χ1v) is 8.72. The Morgan fingerprint density at radius 2 is 1.74 bits per heavy atom. The predicted molar refractivity (Wildman–Crippen MR) is 84.6 cm³/mol. The van der Waals surface area contributed by atoms with Gasteiger partial charge in [0.1, 0.15) is 12.1 Å². The number of halogens is 1. The van der Waals surface area contributed by atoms with Crippen LogP contribution in [0.4, 0.5) is 4.39 Å². The minimum absolute atomic E-state index is 0.0152. The maximum Gasteiger partial charge on any atom is 0.192 e. The largest absolute Gasteiger partial charge is 0.297 e. The molecule has 0 atom stereocenters. The maximum atomic E-state index is 13.1. The number of hydrogen-bond acceptors (Lipinski definition) is 4. The summed E-state index contributed by atoms with van der Waals surface area (Å²) in [7, 11) is -3.34. The Bertz CT molecular complexity index is 946. The molecule has 0 N–H and O–H groups in total. The first-order chi connectivity index (χ1) is 10.9. The lowest BCUT2D eigenvalue weighted by Gasteiger charge is -2.09. The molecule has 0 aliphatic heterocycles. The van der Waals surface area contributed by atoms with Gasteiger partial charge in [0.2, 0.25) is 0 Å². The molecule has 0 spiro atoms. The number of aryl methyl sites for hydroxylation is 1. The minimum Gasteiger partial charge on any atom is -0.297 e. The van der Waals surface area contributed by atoms with E-state index >= 15 is 0 Å². The monoisotopic (exact) mass is 331 g/mol. The second-order valence-corrected chi connectivity index (χ2v) is 7.14. The molecule has 3 aromatic rings. The number of nitrogens with zero attached hydrogens (tertiary/aromatic N) is 3. The summed E-state index contributed by atoms with van der Waals surface area (Å²) in [6.45, 7) is 1.85. The Balaban J connectivity index is 2.10. The summed E-state index contributed by atoms with van der Waals surface area (Å²) >= 11 is 0. The molecule has 118 valence electrons. The zero-order chi connectivity index (χ0) is 16.6. The molecular weight excluding hydrogens is 317 g/mol. The Morgan fingerprint density at radius 3 is 2.30 bits per heavy atom. The Hall–Kier alpha value is -2.54. The number of imidazole rings is 1. The fourth-order valence-electron chi connectivity index (χ4n) is 2.32. The molecule has 3 rings (SSSR count). The molecule has 2 aromatic heterocycles. The second-order valence-electron chi connectivity index (χ2n) is 5.18. The lowest BCUT2D eigenvalue weighted by molar-refractivity contribution is 0.598. The van der Waals surface area contributed by atoms with Crippen LogP contribution in [0.25, 0.3) is 16.9 Å². The van der Waals surface area contributed by atoms with E-state index in [4.69, 9.17) is 0 Å². The highest BCUT2D eigenvalue weighted by atomic mass is 32.2. The smallest absolute Gasteiger partial charge is 0.192 e. The average molecular weight is 331 g/mol. The van der Waals surface area contributed by atoms with Gasteiger partial charge in [0.05, 0.1) is 23.3 Å². The molecule has 0 aliphatic rings. The highest BCUT2D eigenvalue weighted by Gasteiger charge is 2.13. The molecule has 0 amide bonds. The van der Waals surface area contributed by atoms with Crippen molar-refractivity contribution in [1.29, 1.82) is 0 Å². The average Bonchev–Trinajstić information content (AvgIpc) is 2.89. The lowest BCUT2D eigenvalue weighted by Crippen LogP contribution is -2.02. The summed E-state index contributed by atoms with van der Waals surface area (Å²) in [6.07, 6.45) is 4.22. The van der Waals surface area contributed by atoms with E-state index in [1.54, 1.807) is 29.1 Å². The molecule has 0 unspecified atom stereocenters. The van der Waals surface area contributed by atoms with Crippen molar-refractivity contribution in [3.63, 3.8) is 0 Å². The van der Waals surface area contributed by atoms with Crippen LogP contribution in [0, 0.1) is 12.7 Å². The Morgan fingerprint density at radius 1 is 1.04 bits per heavy atom. The summed E-state index contributed by atoms with van der Waals surface area (Å²) in [5.41, 5.74) is 3.08. The first kappa shape index (κ1) is 15.4. The van der Waals surface area contributed by atoms with Crippen LogP contribution in [0.3, 0.4) is 0 Å². The van der Waals surface area contributed by atoms with Gasteiger partial charge in [-0.05, 0) is 43.3 Å². The third-order valence-electron chi connectivity index (χ3n) is 3.45. The van der Waals surface area contributed by atoms with E-state index in [0.717, 1.165) is 23.2 Å². The molecule has 23 heavy (non-hydrogen) atoms. The Labute approximate surface area is 133 Å². The van der Waals surface area contributed by atoms with Gasteiger partial charge in [0.25, 0.3) is 0 Å². The van der Waals surface area contributed by atoms with Crippen molar-refractivity contribution in [2.24, 2.45) is 0 Å². The van der Waals surface area contributed by atoms with Crippen molar-refractivity contribution in [2.45, 2.75) is 11.9 Å². The molecule has 2 heterocycles. The molecule has 0 bridgehead atoms. The molecule has 7 heteroatoms. The van der Waals surface area contributed by atoms with Crippen LogP contribution in [-0.4, -0.2) is 29.2 Å². The van der Waals surface area contributed by atoms with E-state index in [1.807, 2.05) is 6.92 Å². The number of hydrogen-bond donors (Lipinski definition) is 0. The van der Waals surface area contributed by atoms with Gasteiger partial charge in [-0.2, -0.15) is 0 Å². The molecule has 0 aliphatic carbocycles. The third-order valence-corrected chi connectivity index (χ3v) is 4.45. The van der Waals surface area contributed by atoms with Crippen LogP contribution in [0.5, 0.6) is 0 Å². The third kappa shape index (κ3) is 3.00. The maximum absolute atomic E-state index is 13.1. The first-order valence-electron chi connectivity index (χ1n) is 6.82. The number of aromatic nitrogens is 3. The fourth-order valence-corrected chi connectivity index (χ4v) is 2.88. The van der Waals surface area contributed by atoms with E-state index in [-0.39, 0.29) is 10.8 Å². The number of pyridine rings is 1. The van der Waals surface area contributed by atoms with Crippen molar-refractivity contribution < 1.29 is 12.8 Å². The number of sulfone groups is 1. The van der Waals surface area contributed by atoms with Crippen LogP contribution >= 0.6 is 0 Å². The van der Waals surface area contributed by atoms with Crippen LogP contribution in [0.15, 0.2) is 53.9 Å². The van der Waals surface area contributed by atoms with Crippen LogP contribution < -0.4 is 0 Å². The van der Waals surface area contributed by atoms with Crippen molar-refractivity contribution in [3.05, 3.63) is 60.4 Å². The number of rotatable bonds is 3. The van der Waals surface area contributed by atoms with E-state index in [1.165, 1.54) is 24.4 Å². The van der Waals surface area contributed by atoms with Gasteiger partial charge in [-0.15, -0.1) is 0 Å². The summed E-state index contributed by atoms with van der Waals surface area (Å²) in [5, 5.41) is 0.0152. The van der Waals surface area contributed by atoms with Crippen LogP contribution in [0.1, 0.15) is 5.69 Å². The minimum atomic E-state index is -3.34. The van der Waals surface area contributed by atoms with E-state index in [9.17, 15) is 12.8 Å². The SMILES string of the molecule is Cc1ncn(-c2ccc(S(C)(=O)=O)nc2)c1-c1ccc(F)cc1. The number of benzene rings is 1. The second kappa shape index (κ2) is 5.58. The van der Waals surface area contributed by atoms with Gasteiger partial charge in [-0.3, -0.25) is 4.57 Å². The van der Waals surface area contributed by atoms with Crippen molar-refractivity contribution in [3.8, 4) is 16.9 Å². The molecule has 0 saturated heterocycles.